The molecule has 5 rings (SSSR count). The number of aromatic nitrogens is 3. The summed E-state index contributed by atoms with van der Waals surface area (Å²) in [4.78, 5) is 13.2. The minimum atomic E-state index is -2.49. The van der Waals surface area contributed by atoms with Crippen LogP contribution in [-0.2, 0) is 11.3 Å². The molecule has 2 aromatic carbocycles. The molecule has 1 saturated heterocycles. The minimum absolute atomic E-state index is 0.0369. The Kier molecular flexibility index (Phi) is 8.70. The van der Waals surface area contributed by atoms with Crippen LogP contribution in [-0.4, -0.2) is 42.8 Å². The second-order valence-electron chi connectivity index (χ2n) is 9.36. The number of anilines is 1. The Bertz CT molecular complexity index is 1510. The lowest BCUT2D eigenvalue weighted by Crippen LogP contribution is -2.38. The lowest BCUT2D eigenvalue weighted by atomic mass is 9.97. The normalized spacial score (nSPS) is 16.8. The zero-order valence-corrected chi connectivity index (χ0v) is 22.4. The van der Waals surface area contributed by atoms with Gasteiger partial charge in [0.1, 0.15) is 0 Å². The molecule has 0 saturated carbocycles. The van der Waals surface area contributed by atoms with Gasteiger partial charge in [-0.15, -0.1) is 0 Å². The van der Waals surface area contributed by atoms with E-state index in [0.29, 0.717) is 22.8 Å². The molecular weight excluding hydrogens is 538 g/mol. The van der Waals surface area contributed by atoms with Crippen molar-refractivity contribution < 1.29 is 22.3 Å². The predicted molar refractivity (Wildman–Crippen MR) is 148 cm³/mol. The number of pyridine rings is 1. The molecule has 1 unspecified atom stereocenters. The first kappa shape index (κ1) is 27.7. The average Bonchev–Trinajstić information content (AvgIpc) is 2.97. The summed E-state index contributed by atoms with van der Waals surface area (Å²) in [5.41, 5.74) is 1.59. The molecule has 0 radical (unpaired) electrons. The number of halogens is 2. The van der Waals surface area contributed by atoms with E-state index in [2.05, 4.69) is 30.3 Å². The van der Waals surface area contributed by atoms with Crippen molar-refractivity contribution in [3.8, 4) is 22.9 Å². The van der Waals surface area contributed by atoms with Crippen LogP contribution in [0.2, 0.25) is 0 Å². The van der Waals surface area contributed by atoms with E-state index >= 15 is 8.78 Å². The minimum Gasteiger partial charge on any atom is -0.435 e. The first-order valence-corrected chi connectivity index (χ1v) is 13.9. The standard InChI is InChI=1S/C28H28F2N6O3S/c1-17-15-21(25(36-40(37)38)18-7-3-2-4-8-18)23(29)24(30)26(17)39-27-20(10-6-13-32-27)22-11-14-33-28(35-22)34-19-9-5-12-31-16-19/h2-4,6-8,10-11,13-15,19,25,31,36H,5,9,12,16H2,1H3,(H,37,38)(H,33,34,35)/t19-,25-/m0/s1. The van der Waals surface area contributed by atoms with Gasteiger partial charge in [-0.2, -0.15) is 4.39 Å². The Morgan fingerprint density at radius 1 is 1.10 bits per heavy atom. The quantitative estimate of drug-likeness (QED) is 0.211. The van der Waals surface area contributed by atoms with Gasteiger partial charge >= 0.3 is 0 Å². The second-order valence-corrected chi connectivity index (χ2v) is 10.1. The summed E-state index contributed by atoms with van der Waals surface area (Å²) in [6, 6.07) is 14.1. The number of piperidine rings is 1. The van der Waals surface area contributed by atoms with Crippen molar-refractivity contribution in [2.24, 2.45) is 0 Å². The third kappa shape index (κ3) is 6.31. The maximum atomic E-state index is 15.5. The Morgan fingerprint density at radius 2 is 1.93 bits per heavy atom. The number of nitrogens with zero attached hydrogens (tertiary/aromatic N) is 3. The van der Waals surface area contributed by atoms with Crippen LogP contribution in [0.3, 0.4) is 0 Å². The van der Waals surface area contributed by atoms with Crippen molar-refractivity contribution in [2.75, 3.05) is 18.4 Å². The van der Waals surface area contributed by atoms with Gasteiger partial charge in [0, 0.05) is 30.5 Å². The van der Waals surface area contributed by atoms with Crippen LogP contribution in [0.5, 0.6) is 11.6 Å². The van der Waals surface area contributed by atoms with E-state index < -0.39 is 28.9 Å². The number of aryl methyl sites for hydroxylation is 1. The molecule has 4 aromatic rings. The van der Waals surface area contributed by atoms with Gasteiger partial charge in [-0.05, 0) is 61.7 Å². The molecular formula is C28H28F2N6O3S. The highest BCUT2D eigenvalue weighted by Crippen LogP contribution is 2.37. The highest BCUT2D eigenvalue weighted by Gasteiger charge is 2.27. The van der Waals surface area contributed by atoms with Crippen molar-refractivity contribution in [1.29, 1.82) is 0 Å². The molecule has 9 nitrogen and oxygen atoms in total. The van der Waals surface area contributed by atoms with Gasteiger partial charge in [0.2, 0.25) is 28.9 Å². The maximum Gasteiger partial charge on any atom is 0.232 e. The highest BCUT2D eigenvalue weighted by atomic mass is 32.2. The topological polar surface area (TPSA) is 121 Å². The number of ether oxygens (including phenoxy) is 1. The lowest BCUT2D eigenvalue weighted by molar-refractivity contribution is 0.398. The van der Waals surface area contributed by atoms with Crippen LogP contribution in [0.1, 0.15) is 35.6 Å². The van der Waals surface area contributed by atoms with Gasteiger partial charge in [0.15, 0.2) is 11.6 Å². The number of benzene rings is 2. The molecule has 0 spiro atoms. The molecule has 1 aliphatic heterocycles. The molecule has 208 valence electrons. The van der Waals surface area contributed by atoms with Gasteiger partial charge in [-0.3, -0.25) is 4.55 Å². The summed E-state index contributed by atoms with van der Waals surface area (Å²) >= 11 is -2.49. The number of hydrogen-bond donors (Lipinski definition) is 4. The maximum absolute atomic E-state index is 15.5. The van der Waals surface area contributed by atoms with Gasteiger partial charge < -0.3 is 15.4 Å². The first-order chi connectivity index (χ1) is 19.4. The lowest BCUT2D eigenvalue weighted by Gasteiger charge is -2.23. The summed E-state index contributed by atoms with van der Waals surface area (Å²) in [6.45, 7) is 3.36. The van der Waals surface area contributed by atoms with Crippen LogP contribution >= 0.6 is 0 Å². The van der Waals surface area contributed by atoms with E-state index in [9.17, 15) is 8.76 Å². The van der Waals surface area contributed by atoms with E-state index in [4.69, 9.17) is 4.74 Å². The highest BCUT2D eigenvalue weighted by molar-refractivity contribution is 7.77. The third-order valence-electron chi connectivity index (χ3n) is 6.57. The van der Waals surface area contributed by atoms with E-state index in [0.717, 1.165) is 25.9 Å². The Morgan fingerprint density at radius 3 is 2.67 bits per heavy atom. The molecule has 3 atom stereocenters. The Balaban J connectivity index is 1.46. The molecule has 4 N–H and O–H groups in total. The molecule has 12 heteroatoms. The molecule has 1 fully saturated rings. The summed E-state index contributed by atoms with van der Waals surface area (Å²) in [6.07, 6.45) is 5.14. The zero-order valence-electron chi connectivity index (χ0n) is 21.6. The fraction of sp³-hybridized carbons (Fsp3) is 0.250. The molecule has 1 aliphatic rings. The van der Waals surface area contributed by atoms with E-state index in [-0.39, 0.29) is 28.8 Å². The van der Waals surface area contributed by atoms with Crippen LogP contribution in [0.15, 0.2) is 67.0 Å². The predicted octanol–water partition coefficient (Wildman–Crippen LogP) is 4.90. The van der Waals surface area contributed by atoms with Crippen molar-refractivity contribution >= 4 is 17.2 Å². The van der Waals surface area contributed by atoms with Crippen LogP contribution in [0.4, 0.5) is 14.7 Å². The fourth-order valence-corrected chi connectivity index (χ4v) is 5.12. The number of nitrogens with one attached hydrogen (secondary N) is 3. The average molecular weight is 567 g/mol. The fourth-order valence-electron chi connectivity index (χ4n) is 4.65. The van der Waals surface area contributed by atoms with Crippen molar-refractivity contribution in [3.05, 3.63) is 95.3 Å². The zero-order chi connectivity index (χ0) is 28.1. The van der Waals surface area contributed by atoms with Gasteiger partial charge in [0.25, 0.3) is 0 Å². The Labute approximate surface area is 232 Å². The SMILES string of the molecule is Cc1cc([C@@H](NS(=O)O)c2ccccc2)c(F)c(F)c1Oc1ncccc1-c1ccnc(N[C@H]2CCCNC2)n1. The Hall–Kier alpha value is -3.84. The summed E-state index contributed by atoms with van der Waals surface area (Å²) in [5.74, 6) is -2.32. The molecule has 0 aliphatic carbocycles. The van der Waals surface area contributed by atoms with Gasteiger partial charge in [-0.1, -0.05) is 30.3 Å². The number of rotatable bonds is 9. The molecule has 40 heavy (non-hydrogen) atoms. The summed E-state index contributed by atoms with van der Waals surface area (Å²) in [7, 11) is 0. The van der Waals surface area contributed by atoms with E-state index in [1.165, 1.54) is 12.3 Å². The third-order valence-corrected chi connectivity index (χ3v) is 7.01. The second kappa shape index (κ2) is 12.6. The largest absolute Gasteiger partial charge is 0.435 e. The molecule has 2 aromatic heterocycles. The first-order valence-electron chi connectivity index (χ1n) is 12.7. The van der Waals surface area contributed by atoms with Gasteiger partial charge in [-0.25, -0.2) is 28.3 Å². The van der Waals surface area contributed by atoms with Crippen LogP contribution in [0.25, 0.3) is 11.3 Å². The van der Waals surface area contributed by atoms with Crippen molar-refractivity contribution in [3.63, 3.8) is 0 Å². The molecule has 0 bridgehead atoms. The smallest absolute Gasteiger partial charge is 0.232 e. The summed E-state index contributed by atoms with van der Waals surface area (Å²) in [5, 5.41) is 6.67. The summed E-state index contributed by atoms with van der Waals surface area (Å²) < 4.78 is 60.4. The number of hydrogen-bond acceptors (Lipinski definition) is 7. The van der Waals surface area contributed by atoms with Crippen molar-refractivity contribution in [1.82, 2.24) is 25.0 Å². The van der Waals surface area contributed by atoms with Crippen LogP contribution < -0.4 is 20.1 Å². The van der Waals surface area contributed by atoms with Gasteiger partial charge in [0.05, 0.1) is 17.3 Å². The van der Waals surface area contributed by atoms with E-state index in [1.54, 1.807) is 61.7 Å². The molecule has 3 heterocycles. The molecule has 0 amide bonds. The monoisotopic (exact) mass is 566 g/mol. The van der Waals surface area contributed by atoms with Crippen LogP contribution in [0, 0.1) is 18.6 Å². The van der Waals surface area contributed by atoms with Crippen molar-refractivity contribution in [2.45, 2.75) is 31.8 Å². The van der Waals surface area contributed by atoms with E-state index in [1.807, 2.05) is 0 Å².